The molecule has 5 rings (SSSR count). The van der Waals surface area contributed by atoms with Gasteiger partial charge in [0.15, 0.2) is 11.5 Å². The minimum atomic E-state index is -0.203. The molecule has 0 aromatic heterocycles. The highest BCUT2D eigenvalue weighted by Crippen LogP contribution is 2.45. The Labute approximate surface area is 185 Å². The van der Waals surface area contributed by atoms with Gasteiger partial charge in [0.1, 0.15) is 6.04 Å². The number of amides is 1. The van der Waals surface area contributed by atoms with Crippen molar-refractivity contribution in [1.29, 1.82) is 0 Å². The third kappa shape index (κ3) is 3.70. The molecule has 1 amide bonds. The molecule has 0 radical (unpaired) electrons. The van der Waals surface area contributed by atoms with Crippen molar-refractivity contribution in [3.05, 3.63) is 23.3 Å². The molecule has 3 saturated heterocycles. The highest BCUT2D eigenvalue weighted by Gasteiger charge is 2.47. The SMILES string of the molecule is COc1cc2c(cc1OC)C1NNC(C(=O)N(C)C[C@@H]3CCCN4CCCC[C@H]34)C1C2. The monoisotopic (exact) mass is 428 g/mol. The van der Waals surface area contributed by atoms with Crippen LogP contribution in [0.1, 0.15) is 49.3 Å². The van der Waals surface area contributed by atoms with E-state index in [0.717, 1.165) is 24.5 Å². The van der Waals surface area contributed by atoms with Crippen LogP contribution in [0.3, 0.4) is 0 Å². The van der Waals surface area contributed by atoms with Gasteiger partial charge in [0.25, 0.3) is 0 Å². The van der Waals surface area contributed by atoms with Crippen LogP contribution in [0, 0.1) is 11.8 Å². The first-order chi connectivity index (χ1) is 15.1. The number of carbonyl (C=O) groups is 1. The Balaban J connectivity index is 1.27. The van der Waals surface area contributed by atoms with Gasteiger partial charge in [-0.2, -0.15) is 0 Å². The number of rotatable bonds is 5. The minimum Gasteiger partial charge on any atom is -0.493 e. The van der Waals surface area contributed by atoms with Crippen LogP contribution in [0.5, 0.6) is 11.5 Å². The lowest BCUT2D eigenvalue weighted by molar-refractivity contribution is -0.134. The van der Waals surface area contributed by atoms with Crippen LogP contribution in [0.2, 0.25) is 0 Å². The summed E-state index contributed by atoms with van der Waals surface area (Å²) in [7, 11) is 5.32. The molecule has 1 aliphatic carbocycles. The topological polar surface area (TPSA) is 66.1 Å². The summed E-state index contributed by atoms with van der Waals surface area (Å²) in [6.07, 6.45) is 7.32. The molecule has 5 atom stereocenters. The smallest absolute Gasteiger partial charge is 0.241 e. The van der Waals surface area contributed by atoms with E-state index in [1.807, 2.05) is 11.9 Å². The third-order valence-corrected chi connectivity index (χ3v) is 8.07. The van der Waals surface area contributed by atoms with Crippen LogP contribution in [-0.2, 0) is 11.2 Å². The van der Waals surface area contributed by atoms with Crippen molar-refractivity contribution in [3.8, 4) is 11.5 Å². The maximum atomic E-state index is 13.5. The van der Waals surface area contributed by atoms with Gasteiger partial charge in [0.2, 0.25) is 5.91 Å². The molecule has 3 unspecified atom stereocenters. The van der Waals surface area contributed by atoms with E-state index in [4.69, 9.17) is 9.47 Å². The molecule has 0 spiro atoms. The first-order valence-electron chi connectivity index (χ1n) is 11.9. The lowest BCUT2D eigenvalue weighted by atomic mass is 9.83. The highest BCUT2D eigenvalue weighted by atomic mass is 16.5. The predicted octanol–water partition coefficient (Wildman–Crippen LogP) is 2.12. The lowest BCUT2D eigenvalue weighted by Gasteiger charge is -2.45. The first-order valence-corrected chi connectivity index (χ1v) is 11.9. The van der Waals surface area contributed by atoms with Crippen molar-refractivity contribution in [3.63, 3.8) is 0 Å². The number of hydrogen-bond donors (Lipinski definition) is 2. The highest BCUT2D eigenvalue weighted by molar-refractivity contribution is 5.83. The summed E-state index contributed by atoms with van der Waals surface area (Å²) in [6, 6.07) is 4.71. The zero-order chi connectivity index (χ0) is 21.5. The van der Waals surface area contributed by atoms with E-state index < -0.39 is 0 Å². The Kier molecular flexibility index (Phi) is 5.84. The van der Waals surface area contributed by atoms with Gasteiger partial charge in [-0.3, -0.25) is 4.79 Å². The quantitative estimate of drug-likeness (QED) is 0.749. The molecule has 2 N–H and O–H groups in total. The second-order valence-corrected chi connectivity index (χ2v) is 9.74. The van der Waals surface area contributed by atoms with Crippen molar-refractivity contribution in [2.24, 2.45) is 11.8 Å². The number of hydrogen-bond acceptors (Lipinski definition) is 6. The molecule has 1 aromatic rings. The molecule has 31 heavy (non-hydrogen) atoms. The van der Waals surface area contributed by atoms with Gasteiger partial charge in [0, 0.05) is 25.6 Å². The van der Waals surface area contributed by atoms with Crippen molar-refractivity contribution < 1.29 is 14.3 Å². The molecule has 3 heterocycles. The summed E-state index contributed by atoms with van der Waals surface area (Å²) >= 11 is 0. The predicted molar refractivity (Wildman–Crippen MR) is 119 cm³/mol. The largest absolute Gasteiger partial charge is 0.493 e. The van der Waals surface area contributed by atoms with Gasteiger partial charge < -0.3 is 19.3 Å². The molecule has 3 aliphatic heterocycles. The fourth-order valence-corrected chi connectivity index (χ4v) is 6.50. The van der Waals surface area contributed by atoms with Crippen molar-refractivity contribution in [2.75, 3.05) is 40.9 Å². The third-order valence-electron chi connectivity index (χ3n) is 8.07. The van der Waals surface area contributed by atoms with Crippen molar-refractivity contribution in [2.45, 2.75) is 56.7 Å². The average Bonchev–Trinajstić information content (AvgIpc) is 3.36. The number of hydrazine groups is 1. The number of likely N-dealkylation sites (N-methyl/N-ethyl adjacent to an activating group) is 1. The minimum absolute atomic E-state index is 0.126. The standard InChI is InChI=1S/C24H36N4O3/c1-27(14-15-7-6-10-28-9-5-4-8-19(15)28)24(29)23-18-11-16-12-20(30-2)21(31-3)13-17(16)22(18)25-26-23/h12-13,15,18-19,22-23,25-26H,4-11,14H2,1-3H3/t15-,18?,19+,22?,23?/m0/s1. The second kappa shape index (κ2) is 8.60. The molecule has 7 nitrogen and oxygen atoms in total. The normalized spacial score (nSPS) is 32.2. The molecule has 4 aliphatic rings. The molecule has 0 bridgehead atoms. The number of piperidine rings is 2. The Bertz CT molecular complexity index is 829. The zero-order valence-electron chi connectivity index (χ0n) is 19.0. The van der Waals surface area contributed by atoms with Crippen LogP contribution < -0.4 is 20.3 Å². The average molecular weight is 429 g/mol. The fourth-order valence-electron chi connectivity index (χ4n) is 6.50. The Morgan fingerprint density at radius 3 is 2.68 bits per heavy atom. The molecule has 3 fully saturated rings. The van der Waals surface area contributed by atoms with Crippen LogP contribution in [-0.4, -0.2) is 68.7 Å². The lowest BCUT2D eigenvalue weighted by Crippen LogP contribution is -2.53. The number of ether oxygens (including phenoxy) is 2. The first kappa shape index (κ1) is 21.0. The second-order valence-electron chi connectivity index (χ2n) is 9.74. The fraction of sp³-hybridized carbons (Fsp3) is 0.708. The summed E-state index contributed by atoms with van der Waals surface area (Å²) in [4.78, 5) is 18.2. The molecule has 170 valence electrons. The summed E-state index contributed by atoms with van der Waals surface area (Å²) in [5.74, 6) is 2.51. The summed E-state index contributed by atoms with van der Waals surface area (Å²) in [5, 5.41) is 0. The number of nitrogens with one attached hydrogen (secondary N) is 2. The van der Waals surface area contributed by atoms with Gasteiger partial charge >= 0.3 is 0 Å². The van der Waals surface area contributed by atoms with E-state index in [1.165, 1.54) is 56.3 Å². The van der Waals surface area contributed by atoms with E-state index in [-0.39, 0.29) is 23.9 Å². The van der Waals surface area contributed by atoms with E-state index in [9.17, 15) is 4.79 Å². The molecular weight excluding hydrogens is 392 g/mol. The van der Waals surface area contributed by atoms with Crippen LogP contribution >= 0.6 is 0 Å². The summed E-state index contributed by atoms with van der Waals surface area (Å²) in [5.41, 5.74) is 9.16. The number of methoxy groups -OCH3 is 2. The number of fused-ring (bicyclic) bond motifs is 4. The van der Waals surface area contributed by atoms with Gasteiger partial charge in [-0.25, -0.2) is 10.9 Å². The van der Waals surface area contributed by atoms with E-state index in [2.05, 4.69) is 27.9 Å². The van der Waals surface area contributed by atoms with Crippen LogP contribution in [0.4, 0.5) is 0 Å². The van der Waals surface area contributed by atoms with Gasteiger partial charge in [0.05, 0.1) is 20.3 Å². The summed E-state index contributed by atoms with van der Waals surface area (Å²) in [6.45, 7) is 3.34. The van der Waals surface area contributed by atoms with Crippen LogP contribution in [0.25, 0.3) is 0 Å². The van der Waals surface area contributed by atoms with Crippen molar-refractivity contribution >= 4 is 5.91 Å². The number of nitrogens with zero attached hydrogens (tertiary/aromatic N) is 2. The zero-order valence-corrected chi connectivity index (χ0v) is 19.0. The van der Waals surface area contributed by atoms with Gasteiger partial charge in [-0.05, 0) is 74.4 Å². The molecule has 0 saturated carbocycles. The molecular formula is C24H36N4O3. The Morgan fingerprint density at radius 1 is 1.10 bits per heavy atom. The summed E-state index contributed by atoms with van der Waals surface area (Å²) < 4.78 is 11.0. The van der Waals surface area contributed by atoms with Gasteiger partial charge in [-0.15, -0.1) is 0 Å². The molecule has 1 aromatic carbocycles. The van der Waals surface area contributed by atoms with Crippen LogP contribution in [0.15, 0.2) is 12.1 Å². The van der Waals surface area contributed by atoms with E-state index in [1.54, 1.807) is 14.2 Å². The number of carbonyl (C=O) groups excluding carboxylic acids is 1. The van der Waals surface area contributed by atoms with Gasteiger partial charge in [-0.1, -0.05) is 6.42 Å². The van der Waals surface area contributed by atoms with E-state index in [0.29, 0.717) is 12.0 Å². The molecule has 7 heteroatoms. The maximum absolute atomic E-state index is 13.5. The van der Waals surface area contributed by atoms with E-state index >= 15 is 0 Å². The Morgan fingerprint density at radius 2 is 1.87 bits per heavy atom. The number of benzene rings is 1. The maximum Gasteiger partial charge on any atom is 0.241 e. The Hall–Kier alpha value is -1.83. The van der Waals surface area contributed by atoms with Crippen molar-refractivity contribution in [1.82, 2.24) is 20.7 Å².